The molecule has 8 heteroatoms. The molecule has 0 saturated carbocycles. The maximum Gasteiger partial charge on any atom is 0.221 e. The Balaban J connectivity index is 2.37. The summed E-state index contributed by atoms with van der Waals surface area (Å²) in [5, 5.41) is 5.70. The zero-order valence-corrected chi connectivity index (χ0v) is 11.1. The van der Waals surface area contributed by atoms with E-state index < -0.39 is 0 Å². The summed E-state index contributed by atoms with van der Waals surface area (Å²) >= 11 is 0. The van der Waals surface area contributed by atoms with Crippen molar-refractivity contribution < 1.29 is 14.3 Å². The zero-order valence-electron chi connectivity index (χ0n) is 11.1. The van der Waals surface area contributed by atoms with E-state index in [0.717, 1.165) is 0 Å². The second-order valence-electron chi connectivity index (χ2n) is 3.66. The Hall–Kier alpha value is -2.09. The molecule has 0 spiro atoms. The molecule has 19 heavy (non-hydrogen) atoms. The molecule has 1 aromatic rings. The first kappa shape index (κ1) is 15.0. The average Bonchev–Trinajstić information content (AvgIpc) is 2.39. The third-order valence-corrected chi connectivity index (χ3v) is 2.31. The van der Waals surface area contributed by atoms with E-state index >= 15 is 0 Å². The first-order valence-electron chi connectivity index (χ1n) is 5.83. The topological polar surface area (TPSA) is 111 Å². The van der Waals surface area contributed by atoms with Crippen LogP contribution in [0.1, 0.15) is 6.42 Å². The van der Waals surface area contributed by atoms with Gasteiger partial charge in [0.15, 0.2) is 11.6 Å². The SMILES string of the molecule is COCCNC(=O)CCNc1ncnc(N)c1OC. The Morgan fingerprint density at radius 2 is 2.16 bits per heavy atom. The highest BCUT2D eigenvalue weighted by atomic mass is 16.5. The standard InChI is InChI=1S/C11H19N5O3/c1-18-6-5-13-8(17)3-4-14-11-9(19-2)10(12)15-7-16-11/h7H,3-6H2,1-2H3,(H,13,17)(H3,12,14,15,16). The van der Waals surface area contributed by atoms with Gasteiger partial charge in [-0.15, -0.1) is 0 Å². The number of nitrogen functional groups attached to an aromatic ring is 1. The molecule has 0 radical (unpaired) electrons. The van der Waals surface area contributed by atoms with Crippen molar-refractivity contribution in [2.24, 2.45) is 0 Å². The average molecular weight is 269 g/mol. The normalized spacial score (nSPS) is 10.0. The van der Waals surface area contributed by atoms with Crippen molar-refractivity contribution in [2.75, 3.05) is 45.0 Å². The highest BCUT2D eigenvalue weighted by Crippen LogP contribution is 2.25. The van der Waals surface area contributed by atoms with Crippen LogP contribution in [0.15, 0.2) is 6.33 Å². The number of ether oxygens (including phenoxy) is 2. The maximum atomic E-state index is 11.4. The van der Waals surface area contributed by atoms with E-state index in [1.54, 1.807) is 7.11 Å². The molecule has 0 bridgehead atoms. The van der Waals surface area contributed by atoms with Gasteiger partial charge in [-0.2, -0.15) is 0 Å². The van der Waals surface area contributed by atoms with Crippen molar-refractivity contribution in [1.29, 1.82) is 0 Å². The number of anilines is 2. The van der Waals surface area contributed by atoms with Crippen LogP contribution < -0.4 is 21.1 Å². The summed E-state index contributed by atoms with van der Waals surface area (Å²) in [7, 11) is 3.07. The van der Waals surface area contributed by atoms with Crippen molar-refractivity contribution in [3.05, 3.63) is 6.33 Å². The molecule has 0 fully saturated rings. The van der Waals surface area contributed by atoms with Crippen LogP contribution in [0.2, 0.25) is 0 Å². The molecule has 1 heterocycles. The van der Waals surface area contributed by atoms with E-state index in [-0.39, 0.29) is 11.7 Å². The summed E-state index contributed by atoms with van der Waals surface area (Å²) in [5.41, 5.74) is 5.64. The Kier molecular flexibility index (Phi) is 6.37. The van der Waals surface area contributed by atoms with Gasteiger partial charge in [-0.05, 0) is 0 Å². The number of methoxy groups -OCH3 is 2. The van der Waals surface area contributed by atoms with Crippen LogP contribution in [0, 0.1) is 0 Å². The molecule has 0 aliphatic carbocycles. The monoisotopic (exact) mass is 269 g/mol. The lowest BCUT2D eigenvalue weighted by Crippen LogP contribution is -2.28. The highest BCUT2D eigenvalue weighted by molar-refractivity contribution is 5.76. The van der Waals surface area contributed by atoms with Gasteiger partial charge in [-0.1, -0.05) is 0 Å². The van der Waals surface area contributed by atoms with E-state index in [4.69, 9.17) is 15.2 Å². The molecule has 1 amide bonds. The molecule has 106 valence electrons. The van der Waals surface area contributed by atoms with Gasteiger partial charge in [-0.25, -0.2) is 9.97 Å². The Morgan fingerprint density at radius 1 is 1.37 bits per heavy atom. The number of nitrogens with zero attached hydrogens (tertiary/aromatic N) is 2. The van der Waals surface area contributed by atoms with E-state index in [2.05, 4.69) is 20.6 Å². The van der Waals surface area contributed by atoms with Gasteiger partial charge < -0.3 is 25.8 Å². The maximum absolute atomic E-state index is 11.4. The summed E-state index contributed by atoms with van der Waals surface area (Å²) in [4.78, 5) is 19.3. The van der Waals surface area contributed by atoms with E-state index in [1.165, 1.54) is 13.4 Å². The Labute approximate surface area is 111 Å². The number of hydrogen-bond donors (Lipinski definition) is 3. The van der Waals surface area contributed by atoms with Crippen molar-refractivity contribution in [1.82, 2.24) is 15.3 Å². The molecule has 0 atom stereocenters. The lowest BCUT2D eigenvalue weighted by Gasteiger charge is -2.10. The Bertz CT molecular complexity index is 413. The minimum atomic E-state index is -0.0643. The van der Waals surface area contributed by atoms with Gasteiger partial charge in [0.2, 0.25) is 11.7 Å². The number of amides is 1. The summed E-state index contributed by atoms with van der Waals surface area (Å²) in [6.45, 7) is 1.42. The molecule has 0 saturated heterocycles. The lowest BCUT2D eigenvalue weighted by molar-refractivity contribution is -0.121. The summed E-state index contributed by atoms with van der Waals surface area (Å²) in [5.74, 6) is 1.04. The van der Waals surface area contributed by atoms with Gasteiger partial charge in [0.25, 0.3) is 0 Å². The smallest absolute Gasteiger partial charge is 0.221 e. The summed E-state index contributed by atoms with van der Waals surface area (Å²) < 4.78 is 9.92. The number of nitrogens with one attached hydrogen (secondary N) is 2. The van der Waals surface area contributed by atoms with E-state index in [1.807, 2.05) is 0 Å². The molecule has 8 nitrogen and oxygen atoms in total. The number of carbonyl (C=O) groups excluding carboxylic acids is 1. The van der Waals surface area contributed by atoms with Crippen LogP contribution in [-0.4, -0.2) is 49.8 Å². The number of carbonyl (C=O) groups is 1. The molecule has 0 aromatic carbocycles. The molecule has 0 aliphatic rings. The van der Waals surface area contributed by atoms with Crippen LogP contribution in [0.3, 0.4) is 0 Å². The molecule has 4 N–H and O–H groups in total. The van der Waals surface area contributed by atoms with Gasteiger partial charge >= 0.3 is 0 Å². The van der Waals surface area contributed by atoms with Gasteiger partial charge in [0.05, 0.1) is 13.7 Å². The van der Waals surface area contributed by atoms with Gasteiger partial charge in [0.1, 0.15) is 6.33 Å². The molecular formula is C11H19N5O3. The second-order valence-corrected chi connectivity index (χ2v) is 3.66. The first-order valence-corrected chi connectivity index (χ1v) is 5.83. The van der Waals surface area contributed by atoms with Crippen molar-refractivity contribution in [3.8, 4) is 5.75 Å². The van der Waals surface area contributed by atoms with Crippen molar-refractivity contribution in [3.63, 3.8) is 0 Å². The lowest BCUT2D eigenvalue weighted by atomic mass is 10.3. The second kappa shape index (κ2) is 8.09. The fourth-order valence-corrected chi connectivity index (χ4v) is 1.39. The van der Waals surface area contributed by atoms with Crippen LogP contribution >= 0.6 is 0 Å². The van der Waals surface area contributed by atoms with Crippen LogP contribution in [0.4, 0.5) is 11.6 Å². The molecule has 0 unspecified atom stereocenters. The molecule has 1 aromatic heterocycles. The summed E-state index contributed by atoms with van der Waals surface area (Å²) in [6, 6.07) is 0. The van der Waals surface area contributed by atoms with Gasteiger partial charge in [-0.3, -0.25) is 4.79 Å². The largest absolute Gasteiger partial charge is 0.490 e. The minimum Gasteiger partial charge on any atom is -0.490 e. The first-order chi connectivity index (χ1) is 9.19. The van der Waals surface area contributed by atoms with E-state index in [0.29, 0.717) is 37.7 Å². The third-order valence-electron chi connectivity index (χ3n) is 2.31. The highest BCUT2D eigenvalue weighted by Gasteiger charge is 2.09. The number of aromatic nitrogens is 2. The van der Waals surface area contributed by atoms with E-state index in [9.17, 15) is 4.79 Å². The molecule has 0 aliphatic heterocycles. The molecular weight excluding hydrogens is 250 g/mol. The zero-order chi connectivity index (χ0) is 14.1. The number of hydrogen-bond acceptors (Lipinski definition) is 7. The Morgan fingerprint density at radius 3 is 2.84 bits per heavy atom. The predicted octanol–water partition coefficient (Wildman–Crippen LogP) is -0.368. The fourth-order valence-electron chi connectivity index (χ4n) is 1.39. The predicted molar refractivity (Wildman–Crippen MR) is 71.0 cm³/mol. The van der Waals surface area contributed by atoms with Crippen LogP contribution in [-0.2, 0) is 9.53 Å². The molecule has 1 rings (SSSR count). The minimum absolute atomic E-state index is 0.0643. The number of rotatable bonds is 8. The third kappa shape index (κ3) is 4.96. The van der Waals surface area contributed by atoms with Crippen molar-refractivity contribution in [2.45, 2.75) is 6.42 Å². The van der Waals surface area contributed by atoms with Crippen molar-refractivity contribution >= 4 is 17.5 Å². The van der Waals surface area contributed by atoms with Crippen LogP contribution in [0.5, 0.6) is 5.75 Å². The quantitative estimate of drug-likeness (QED) is 0.552. The van der Waals surface area contributed by atoms with Gasteiger partial charge in [0, 0.05) is 26.6 Å². The fraction of sp³-hybridized carbons (Fsp3) is 0.545. The summed E-state index contributed by atoms with van der Waals surface area (Å²) in [6.07, 6.45) is 1.65. The number of nitrogens with two attached hydrogens (primary N) is 1. The van der Waals surface area contributed by atoms with Crippen LogP contribution in [0.25, 0.3) is 0 Å².